The fourth-order valence-electron chi connectivity index (χ4n) is 1.33. The Bertz CT molecular complexity index is 420. The number of carboxylic acid groups (broad SMARTS) is 1. The van der Waals surface area contributed by atoms with Gasteiger partial charge in [0.15, 0.2) is 0 Å². The minimum atomic E-state index is -1.01. The first kappa shape index (κ1) is 21.1. The molecule has 0 fully saturated rings. The van der Waals surface area contributed by atoms with Crippen molar-refractivity contribution in [2.75, 3.05) is 11.5 Å². The van der Waals surface area contributed by atoms with Crippen LogP contribution in [0.4, 0.5) is 0 Å². The van der Waals surface area contributed by atoms with Crippen LogP contribution in [0.5, 0.6) is 0 Å². The smallest absolute Gasteiger partial charge is 0.307 e. The van der Waals surface area contributed by atoms with E-state index in [0.29, 0.717) is 0 Å². The van der Waals surface area contributed by atoms with E-state index in [0.717, 1.165) is 0 Å². The number of carbonyl (C=O) groups is 4. The van der Waals surface area contributed by atoms with Crippen LogP contribution >= 0.6 is 31.4 Å². The second kappa shape index (κ2) is 11.7. The van der Waals surface area contributed by atoms with Crippen molar-refractivity contribution in [2.24, 2.45) is 5.92 Å². The molecule has 10 heteroatoms. The second-order valence-corrected chi connectivity index (χ2v) is 8.66. The van der Waals surface area contributed by atoms with Crippen LogP contribution in [-0.2, 0) is 19.2 Å². The fraction of sp³-hybridized carbons (Fsp3) is 0.583. The molecule has 0 aromatic carbocycles. The molecule has 2 amide bonds. The van der Waals surface area contributed by atoms with Gasteiger partial charge < -0.3 is 20.5 Å². The van der Waals surface area contributed by atoms with Crippen molar-refractivity contribution in [3.05, 3.63) is 7.05 Å². The van der Waals surface area contributed by atoms with Crippen molar-refractivity contribution >= 4 is 55.0 Å². The molecule has 0 rings (SSSR count). The largest absolute Gasteiger partial charge is 0.481 e. The number of aliphatic carboxylic acids is 1. The first-order valence-corrected chi connectivity index (χ1v) is 10.0. The molecule has 7 nitrogen and oxygen atoms in total. The summed E-state index contributed by atoms with van der Waals surface area (Å²) in [6, 6.07) is -0.756. The van der Waals surface area contributed by atoms with E-state index in [1.165, 1.54) is 45.3 Å². The van der Waals surface area contributed by atoms with Crippen molar-refractivity contribution in [1.82, 2.24) is 10.6 Å². The Morgan fingerprint density at radius 2 is 1.73 bits per heavy atom. The number of hydrogen-bond donors (Lipinski definition) is 3. The zero-order chi connectivity index (χ0) is 17.1. The van der Waals surface area contributed by atoms with Gasteiger partial charge in [0, 0.05) is 24.9 Å². The second-order valence-electron chi connectivity index (χ2n) is 4.34. The SMILES string of the molecule is [CH]NC(=O)[C@H](CSSSC[C@H](CC(C)=O)C(=O)O)NC(C)=O. The van der Waals surface area contributed by atoms with Crippen molar-refractivity contribution in [1.29, 1.82) is 0 Å². The summed E-state index contributed by atoms with van der Waals surface area (Å²) in [5, 5.41) is 13.4. The summed E-state index contributed by atoms with van der Waals surface area (Å²) in [6.07, 6.45) is -0.00232. The molecule has 0 unspecified atom stereocenters. The fourth-order valence-corrected chi connectivity index (χ4v) is 5.36. The zero-order valence-corrected chi connectivity index (χ0v) is 14.6. The van der Waals surface area contributed by atoms with E-state index in [2.05, 4.69) is 5.32 Å². The highest BCUT2D eigenvalue weighted by atomic mass is 33.5. The Balaban J connectivity index is 4.11. The molecule has 0 spiro atoms. The lowest BCUT2D eigenvalue weighted by molar-refractivity contribution is -0.142. The molecular weight excluding hydrogens is 348 g/mol. The quantitative estimate of drug-likeness (QED) is 0.282. The Hall–Kier alpha value is -0.870. The molecule has 0 aliphatic heterocycles. The maximum Gasteiger partial charge on any atom is 0.307 e. The van der Waals surface area contributed by atoms with E-state index in [4.69, 9.17) is 12.2 Å². The number of hydrogen-bond acceptors (Lipinski definition) is 7. The Labute approximate surface area is 140 Å². The molecule has 0 saturated carbocycles. The number of rotatable bonds is 11. The Kier molecular flexibility index (Phi) is 11.2. The molecule has 0 saturated heterocycles. The highest BCUT2D eigenvalue weighted by Gasteiger charge is 2.21. The average molecular weight is 366 g/mol. The van der Waals surface area contributed by atoms with Crippen molar-refractivity contribution in [2.45, 2.75) is 26.3 Å². The first-order valence-electron chi connectivity index (χ1n) is 6.18. The van der Waals surface area contributed by atoms with Gasteiger partial charge in [-0.3, -0.25) is 14.4 Å². The van der Waals surface area contributed by atoms with E-state index in [1.54, 1.807) is 0 Å². The monoisotopic (exact) mass is 366 g/mol. The van der Waals surface area contributed by atoms with Crippen LogP contribution in [0.2, 0.25) is 0 Å². The third kappa shape index (κ3) is 9.96. The number of ketones is 1. The number of amides is 2. The highest BCUT2D eigenvalue weighted by Crippen LogP contribution is 2.36. The molecular formula is C12H18N2O5S3. The third-order valence-electron chi connectivity index (χ3n) is 2.32. The summed E-state index contributed by atoms with van der Waals surface area (Å²) in [5.41, 5.74) is 0. The van der Waals surface area contributed by atoms with Gasteiger partial charge in [-0.05, 0) is 16.7 Å². The van der Waals surface area contributed by atoms with Gasteiger partial charge in [0.1, 0.15) is 11.8 Å². The molecule has 0 aliphatic rings. The van der Waals surface area contributed by atoms with E-state index in [1.807, 2.05) is 5.32 Å². The van der Waals surface area contributed by atoms with Gasteiger partial charge in [0.05, 0.1) is 13.0 Å². The number of Topliss-reactive ketones (excluding diaryl/α,β-unsaturated/α-hetero) is 1. The van der Waals surface area contributed by atoms with Crippen molar-refractivity contribution in [3.63, 3.8) is 0 Å². The minimum Gasteiger partial charge on any atom is -0.481 e. The first-order chi connectivity index (χ1) is 10.3. The van der Waals surface area contributed by atoms with Crippen LogP contribution in [0.3, 0.4) is 0 Å². The van der Waals surface area contributed by atoms with E-state index >= 15 is 0 Å². The molecule has 0 aromatic rings. The summed E-state index contributed by atoms with van der Waals surface area (Å²) < 4.78 is 0. The van der Waals surface area contributed by atoms with Crippen LogP contribution in [0.15, 0.2) is 0 Å². The zero-order valence-electron chi connectivity index (χ0n) is 12.2. The summed E-state index contributed by atoms with van der Waals surface area (Å²) in [7, 11) is 8.90. The summed E-state index contributed by atoms with van der Waals surface area (Å²) >= 11 is 0. The topological polar surface area (TPSA) is 113 Å². The van der Waals surface area contributed by atoms with Gasteiger partial charge in [-0.2, -0.15) is 0 Å². The van der Waals surface area contributed by atoms with Crippen molar-refractivity contribution in [3.8, 4) is 0 Å². The molecule has 2 radical (unpaired) electrons. The Morgan fingerprint density at radius 1 is 1.14 bits per heavy atom. The predicted molar refractivity (Wildman–Crippen MR) is 89.0 cm³/mol. The molecule has 124 valence electrons. The lowest BCUT2D eigenvalue weighted by Gasteiger charge is -2.15. The Morgan fingerprint density at radius 3 is 2.18 bits per heavy atom. The maximum absolute atomic E-state index is 11.4. The van der Waals surface area contributed by atoms with Crippen LogP contribution < -0.4 is 10.6 Å². The summed E-state index contributed by atoms with van der Waals surface area (Å²) in [4.78, 5) is 44.3. The standard InChI is InChI=1S/C12H18N2O5S3/c1-7(15)4-9(12(18)19)5-20-22-21-6-10(11(17)13-3)14-8(2)16/h3,9-10H,4-6H2,1-2H3,(H,13,17)(H,14,16)(H,18,19)/t9-,10-/m0/s1. The summed E-state index contributed by atoms with van der Waals surface area (Å²) in [6.45, 7) is 2.65. The highest BCUT2D eigenvalue weighted by molar-refractivity contribution is 9.09. The minimum absolute atomic E-state index is 0.00232. The number of carbonyl (C=O) groups excluding carboxylic acids is 3. The van der Waals surface area contributed by atoms with Crippen molar-refractivity contribution < 1.29 is 24.3 Å². The van der Waals surface area contributed by atoms with E-state index in [9.17, 15) is 19.2 Å². The predicted octanol–water partition coefficient (Wildman–Crippen LogP) is 0.985. The van der Waals surface area contributed by atoms with Gasteiger partial charge in [-0.15, -0.1) is 0 Å². The lowest BCUT2D eigenvalue weighted by atomic mass is 10.1. The molecule has 0 aliphatic carbocycles. The molecule has 3 N–H and O–H groups in total. The van der Waals surface area contributed by atoms with Gasteiger partial charge in [0.25, 0.3) is 0 Å². The molecule has 0 bridgehead atoms. The van der Waals surface area contributed by atoms with Gasteiger partial charge in [-0.25, -0.2) is 0 Å². The van der Waals surface area contributed by atoms with Crippen LogP contribution in [0.1, 0.15) is 20.3 Å². The number of carboxylic acids is 1. The van der Waals surface area contributed by atoms with Crippen LogP contribution in [0.25, 0.3) is 0 Å². The maximum atomic E-state index is 11.4. The summed E-state index contributed by atoms with van der Waals surface area (Å²) in [5.74, 6) is -2.20. The van der Waals surface area contributed by atoms with Crippen LogP contribution in [-0.4, -0.2) is 46.2 Å². The molecule has 22 heavy (non-hydrogen) atoms. The average Bonchev–Trinajstić information content (AvgIpc) is 2.42. The van der Waals surface area contributed by atoms with Gasteiger partial charge in [0.2, 0.25) is 11.8 Å². The van der Waals surface area contributed by atoms with Gasteiger partial charge in [-0.1, -0.05) is 21.6 Å². The molecule has 0 aromatic heterocycles. The molecule has 0 heterocycles. The van der Waals surface area contributed by atoms with Gasteiger partial charge >= 0.3 is 5.97 Å². The van der Waals surface area contributed by atoms with Crippen LogP contribution in [0, 0.1) is 13.0 Å². The lowest BCUT2D eigenvalue weighted by Crippen LogP contribution is -2.45. The number of nitrogens with one attached hydrogen (secondary N) is 2. The normalized spacial score (nSPS) is 13.0. The third-order valence-corrected chi connectivity index (χ3v) is 6.65. The molecule has 2 atom stereocenters. The van der Waals surface area contributed by atoms with E-state index in [-0.39, 0.29) is 29.6 Å². The van der Waals surface area contributed by atoms with E-state index < -0.39 is 23.8 Å².